The number of fused-ring (bicyclic) bond motifs is 2. The summed E-state index contributed by atoms with van der Waals surface area (Å²) in [4.78, 5) is 23.6. The van der Waals surface area contributed by atoms with Crippen LogP contribution in [0.25, 0.3) is 11.2 Å². The predicted octanol–water partition coefficient (Wildman–Crippen LogP) is 3.43. The van der Waals surface area contributed by atoms with E-state index in [1.54, 1.807) is 25.3 Å². The molecule has 2 fully saturated rings. The molecule has 0 radical (unpaired) electrons. The lowest BCUT2D eigenvalue weighted by Gasteiger charge is -2.36. The fourth-order valence-electron chi connectivity index (χ4n) is 4.54. The maximum Gasteiger partial charge on any atom is 0.406 e. The van der Waals surface area contributed by atoms with Crippen molar-refractivity contribution in [3.63, 3.8) is 0 Å². The van der Waals surface area contributed by atoms with Crippen LogP contribution in [0.2, 0.25) is 0 Å². The molecule has 15 heteroatoms. The smallest absolute Gasteiger partial charge is 0.406 e. The van der Waals surface area contributed by atoms with Gasteiger partial charge in [-0.15, -0.1) is 11.6 Å². The van der Waals surface area contributed by atoms with E-state index in [2.05, 4.69) is 20.0 Å². The zero-order valence-corrected chi connectivity index (χ0v) is 24.1. The number of halogens is 1. The molecule has 0 saturated carbocycles. The second-order valence-corrected chi connectivity index (χ2v) is 12.9. The Labute approximate surface area is 226 Å². The summed E-state index contributed by atoms with van der Waals surface area (Å²) < 4.78 is 44.2. The molecule has 38 heavy (non-hydrogen) atoms. The largest absolute Gasteiger partial charge is 0.476 e. The van der Waals surface area contributed by atoms with E-state index in [0.29, 0.717) is 24.2 Å². The molecule has 4 rings (SSSR count). The molecule has 0 aromatic carbocycles. The third-order valence-corrected chi connectivity index (χ3v) is 8.35. The van der Waals surface area contributed by atoms with E-state index in [1.165, 1.54) is 6.33 Å². The van der Waals surface area contributed by atoms with Gasteiger partial charge in [-0.25, -0.2) is 14.6 Å². The Morgan fingerprint density at radius 3 is 2.76 bits per heavy atom. The minimum atomic E-state index is -3.83. The number of hydrogen-bond donors (Lipinski definition) is 2. The topological polar surface area (TPSA) is 162 Å². The number of alkyl halides is 1. The highest BCUT2D eigenvalue weighted by molar-refractivity contribution is 7.51. The van der Waals surface area contributed by atoms with Gasteiger partial charge in [0.1, 0.15) is 23.7 Å². The number of aromatic nitrogens is 4. The van der Waals surface area contributed by atoms with Crippen LogP contribution >= 0.6 is 19.3 Å². The molecule has 0 spiro atoms. The number of esters is 1. The molecular formula is C23H36ClN6O7P. The fourth-order valence-corrected chi connectivity index (χ4v) is 6.77. The number of ether oxygens (including phenoxy) is 3. The molecule has 212 valence electrons. The molecule has 13 nitrogen and oxygen atoms in total. The molecule has 2 saturated heterocycles. The highest BCUT2D eigenvalue weighted by Gasteiger charge is 2.60. The molecule has 4 heterocycles. The standard InChI is InChI=1S/C23H36ClN6O7P/c1-7-33-19-16-18(27-22(25)28-19)30(11-26-16)21-23(6,24)17-15(36-21)10-35-38(32,37-17)29-14(8-12(2)3)9-34-20(31)13(4)5/h11-15,17,21H,7-10H2,1-6H3,(H,29,32)(H2,25,27,28)/t14?,15-,17-,21-,23-,38?/m1/s1. The van der Waals surface area contributed by atoms with E-state index in [1.807, 2.05) is 20.8 Å². The first-order valence-electron chi connectivity index (χ1n) is 12.7. The molecular weight excluding hydrogens is 539 g/mol. The molecule has 0 aliphatic carbocycles. The lowest BCUT2D eigenvalue weighted by Crippen LogP contribution is -2.47. The zero-order valence-electron chi connectivity index (χ0n) is 22.4. The molecule has 3 N–H and O–H groups in total. The Morgan fingerprint density at radius 2 is 2.11 bits per heavy atom. The van der Waals surface area contributed by atoms with E-state index in [9.17, 15) is 9.36 Å². The molecule has 2 unspecified atom stereocenters. The molecule has 2 aromatic rings. The maximum atomic E-state index is 13.7. The van der Waals surface area contributed by atoms with Crippen LogP contribution in [-0.2, 0) is 27.9 Å². The van der Waals surface area contributed by atoms with Crippen molar-refractivity contribution in [3.05, 3.63) is 6.33 Å². The highest BCUT2D eigenvalue weighted by Crippen LogP contribution is 2.58. The first kappa shape index (κ1) is 29.0. The number of nitrogen functional groups attached to an aromatic ring is 1. The number of hydrogen-bond acceptors (Lipinski definition) is 11. The van der Waals surface area contributed by atoms with Gasteiger partial charge in [0.05, 0.1) is 31.5 Å². The summed E-state index contributed by atoms with van der Waals surface area (Å²) in [6.45, 7) is 11.5. The number of imidazole rings is 1. The average molecular weight is 575 g/mol. The zero-order chi connectivity index (χ0) is 27.8. The number of carbonyl (C=O) groups is 1. The van der Waals surface area contributed by atoms with Crippen LogP contribution in [0.5, 0.6) is 5.88 Å². The van der Waals surface area contributed by atoms with Crippen LogP contribution in [-0.4, -0.2) is 68.4 Å². The Kier molecular flexibility index (Phi) is 8.56. The van der Waals surface area contributed by atoms with Gasteiger partial charge >= 0.3 is 13.7 Å². The van der Waals surface area contributed by atoms with Crippen LogP contribution in [0.4, 0.5) is 5.95 Å². The van der Waals surface area contributed by atoms with E-state index in [0.717, 1.165) is 0 Å². The van der Waals surface area contributed by atoms with Crippen molar-refractivity contribution in [2.45, 2.75) is 77.3 Å². The number of carbonyl (C=O) groups excluding carboxylic acids is 1. The minimum Gasteiger partial charge on any atom is -0.476 e. The van der Waals surface area contributed by atoms with E-state index >= 15 is 0 Å². The summed E-state index contributed by atoms with van der Waals surface area (Å²) >= 11 is 7.05. The van der Waals surface area contributed by atoms with Crippen molar-refractivity contribution in [3.8, 4) is 5.88 Å². The van der Waals surface area contributed by atoms with Crippen LogP contribution in [0, 0.1) is 11.8 Å². The van der Waals surface area contributed by atoms with Crippen LogP contribution in [0.3, 0.4) is 0 Å². The average Bonchev–Trinajstić information content (AvgIpc) is 3.34. The van der Waals surface area contributed by atoms with Crippen molar-refractivity contribution in [2.24, 2.45) is 11.8 Å². The van der Waals surface area contributed by atoms with E-state index in [-0.39, 0.29) is 42.8 Å². The fraction of sp³-hybridized carbons (Fsp3) is 0.739. The van der Waals surface area contributed by atoms with Gasteiger partial charge in [0, 0.05) is 0 Å². The first-order valence-corrected chi connectivity index (χ1v) is 14.6. The SMILES string of the molecule is CCOc1nc(N)nc2c1ncn2[C@@H]1O[C@@H]2COP(=O)(NC(COC(=O)C(C)C)CC(C)C)O[C@H]2[C@@]1(C)Cl. The molecule has 0 bridgehead atoms. The van der Waals surface area contributed by atoms with Gasteiger partial charge in [0.2, 0.25) is 11.8 Å². The van der Waals surface area contributed by atoms with Gasteiger partial charge in [-0.05, 0) is 26.2 Å². The van der Waals surface area contributed by atoms with E-state index in [4.69, 9.17) is 40.6 Å². The van der Waals surface area contributed by atoms with Gasteiger partial charge in [-0.2, -0.15) is 9.97 Å². The monoisotopic (exact) mass is 574 g/mol. The van der Waals surface area contributed by atoms with Crippen molar-refractivity contribution < 1.29 is 32.6 Å². The van der Waals surface area contributed by atoms with Crippen LogP contribution in [0.15, 0.2) is 6.33 Å². The van der Waals surface area contributed by atoms with Gasteiger partial charge < -0.3 is 19.9 Å². The minimum absolute atomic E-state index is 0.0111. The summed E-state index contributed by atoms with van der Waals surface area (Å²) in [5.74, 6) is -0.116. The molecule has 2 aliphatic heterocycles. The number of anilines is 1. The Bertz CT molecular complexity index is 1210. The van der Waals surface area contributed by atoms with Crippen LogP contribution < -0.4 is 15.6 Å². The molecule has 6 atom stereocenters. The van der Waals surface area contributed by atoms with Crippen molar-refractivity contribution in [1.82, 2.24) is 24.6 Å². The summed E-state index contributed by atoms with van der Waals surface area (Å²) in [6, 6.07) is -0.450. The van der Waals surface area contributed by atoms with Crippen LogP contribution in [0.1, 0.15) is 54.2 Å². The highest BCUT2D eigenvalue weighted by atomic mass is 35.5. The van der Waals surface area contributed by atoms with Crippen molar-refractivity contribution in [2.75, 3.05) is 25.6 Å². The predicted molar refractivity (Wildman–Crippen MR) is 140 cm³/mol. The van der Waals surface area contributed by atoms with Gasteiger partial charge in [0.15, 0.2) is 17.4 Å². The van der Waals surface area contributed by atoms with Crippen molar-refractivity contribution in [1.29, 1.82) is 0 Å². The summed E-state index contributed by atoms with van der Waals surface area (Å²) in [5.41, 5.74) is 6.69. The maximum absolute atomic E-state index is 13.7. The Hall–Kier alpha value is -2.02. The van der Waals surface area contributed by atoms with Crippen molar-refractivity contribution >= 4 is 42.4 Å². The lowest BCUT2D eigenvalue weighted by atomic mass is 10.0. The summed E-state index contributed by atoms with van der Waals surface area (Å²) in [6.07, 6.45) is -0.123. The Balaban J connectivity index is 1.55. The van der Waals surface area contributed by atoms with E-state index < -0.39 is 37.1 Å². The van der Waals surface area contributed by atoms with Gasteiger partial charge in [-0.1, -0.05) is 27.7 Å². The lowest BCUT2D eigenvalue weighted by molar-refractivity contribution is -0.148. The molecule has 2 aliphatic rings. The number of rotatable bonds is 10. The normalized spacial score (nSPS) is 30.1. The second kappa shape index (κ2) is 11.2. The third kappa shape index (κ3) is 5.93. The first-order chi connectivity index (χ1) is 17.8. The molecule has 0 amide bonds. The summed E-state index contributed by atoms with van der Waals surface area (Å²) in [7, 11) is -3.83. The second-order valence-electron chi connectivity index (χ2n) is 10.4. The number of nitrogens with one attached hydrogen (secondary N) is 1. The quantitative estimate of drug-likeness (QED) is 0.242. The number of nitrogens with two attached hydrogens (primary N) is 1. The molecule has 2 aromatic heterocycles. The third-order valence-electron chi connectivity index (χ3n) is 6.28. The number of nitrogens with zero attached hydrogens (tertiary/aromatic N) is 4. The summed E-state index contributed by atoms with van der Waals surface area (Å²) in [5, 5.41) is 2.96. The van der Waals surface area contributed by atoms with Gasteiger partial charge in [-0.3, -0.25) is 18.4 Å². The van der Waals surface area contributed by atoms with Gasteiger partial charge in [0.25, 0.3) is 0 Å². The Morgan fingerprint density at radius 1 is 1.37 bits per heavy atom.